The van der Waals surface area contributed by atoms with Crippen molar-refractivity contribution in [2.24, 2.45) is 0 Å². The van der Waals surface area contributed by atoms with E-state index in [-0.39, 0.29) is 0 Å². The quantitative estimate of drug-likeness (QED) is 0.285. The summed E-state index contributed by atoms with van der Waals surface area (Å²) in [7, 11) is 0. The highest BCUT2D eigenvalue weighted by Crippen LogP contribution is 2.19. The van der Waals surface area contributed by atoms with Crippen LogP contribution in [0.5, 0.6) is 0 Å². The molecule has 3 rings (SSSR count). The van der Waals surface area contributed by atoms with Crippen LogP contribution in [0.15, 0.2) is 60.0 Å². The highest BCUT2D eigenvalue weighted by Gasteiger charge is 2.08. The number of nitrogens with zero attached hydrogens (tertiary/aromatic N) is 2. The Morgan fingerprint density at radius 2 is 1.03 bits per heavy atom. The fourth-order valence-corrected chi connectivity index (χ4v) is 6.33. The second kappa shape index (κ2) is 22.0. The molecule has 0 N–H and O–H groups in total. The monoisotopic (exact) mass is 534 g/mol. The zero-order valence-corrected chi connectivity index (χ0v) is 25.6. The van der Waals surface area contributed by atoms with Gasteiger partial charge in [-0.25, -0.2) is 0 Å². The zero-order chi connectivity index (χ0) is 27.1. The second-order valence-corrected chi connectivity index (χ2v) is 12.5. The van der Waals surface area contributed by atoms with Crippen LogP contribution in [0.3, 0.4) is 0 Å². The van der Waals surface area contributed by atoms with Crippen molar-refractivity contribution in [3.63, 3.8) is 0 Å². The van der Waals surface area contributed by atoms with Gasteiger partial charge in [0, 0.05) is 32.4 Å². The van der Waals surface area contributed by atoms with Crippen LogP contribution < -0.4 is 0 Å². The summed E-state index contributed by atoms with van der Waals surface area (Å²) in [6.45, 7) is 4.76. The normalized spacial score (nSPS) is 23.6. The molecular formula is C37H62N2. The molecule has 2 heteroatoms. The Balaban J connectivity index is 1.31. The van der Waals surface area contributed by atoms with Gasteiger partial charge in [0.2, 0.25) is 0 Å². The minimum Gasteiger partial charge on any atom is -0.373 e. The van der Waals surface area contributed by atoms with E-state index >= 15 is 0 Å². The van der Waals surface area contributed by atoms with E-state index in [4.69, 9.17) is 0 Å². The number of fused-ring (bicyclic) bond motifs is 3. The molecule has 3 aliphatic heterocycles. The van der Waals surface area contributed by atoms with E-state index in [0.717, 1.165) is 6.54 Å². The number of allylic oxidation sites excluding steroid dienone is 6. The standard InChI is InChI=1S/C37H62N2/c1-2-6-10-14-18-22-30-38-32-25-29-37(35-38)27-21-17-13-9-5-3-7-11-15-19-23-31-39-33-24-28-36(34-39)26-20-16-12-8-4-1/h1-2,24-25,28-29,33,35H,3-23,26-27,30-32,34H2. The largest absolute Gasteiger partial charge is 0.373 e. The van der Waals surface area contributed by atoms with Crippen LogP contribution in [0, 0.1) is 0 Å². The summed E-state index contributed by atoms with van der Waals surface area (Å²) in [6, 6.07) is 0. The third-order valence-electron chi connectivity index (χ3n) is 8.82. The number of hydrogen-bond donors (Lipinski definition) is 0. The van der Waals surface area contributed by atoms with Crippen molar-refractivity contribution >= 4 is 0 Å². The van der Waals surface area contributed by atoms with Gasteiger partial charge in [-0.1, -0.05) is 119 Å². The van der Waals surface area contributed by atoms with E-state index in [2.05, 4.69) is 58.7 Å². The summed E-state index contributed by atoms with van der Waals surface area (Å²) < 4.78 is 0. The van der Waals surface area contributed by atoms with Crippen LogP contribution in [0.2, 0.25) is 0 Å². The maximum absolute atomic E-state index is 2.56. The topological polar surface area (TPSA) is 6.48 Å². The molecule has 0 unspecified atom stereocenters. The summed E-state index contributed by atoms with van der Waals surface area (Å²) in [5, 5.41) is 0. The SMILES string of the molecule is C1=CN2CCCCCCCCCCCCCC3=CN(CC=C3)CCCCCCC=CCCCCCCC(=C1)C2. The maximum atomic E-state index is 2.56. The van der Waals surface area contributed by atoms with E-state index in [1.165, 1.54) is 167 Å². The molecule has 0 saturated carbocycles. The van der Waals surface area contributed by atoms with E-state index in [1.807, 2.05) is 0 Å². The molecule has 3 aliphatic rings. The van der Waals surface area contributed by atoms with Crippen molar-refractivity contribution in [3.05, 3.63) is 60.0 Å². The summed E-state index contributed by atoms with van der Waals surface area (Å²) in [6.07, 6.45) is 50.8. The van der Waals surface area contributed by atoms with Crippen LogP contribution in [0.25, 0.3) is 0 Å². The smallest absolute Gasteiger partial charge is 0.0386 e. The van der Waals surface area contributed by atoms with Gasteiger partial charge in [0.1, 0.15) is 0 Å². The Bertz CT molecular complexity index is 755. The first-order valence-corrected chi connectivity index (χ1v) is 17.3. The van der Waals surface area contributed by atoms with Crippen LogP contribution >= 0.6 is 0 Å². The zero-order valence-electron chi connectivity index (χ0n) is 25.6. The Labute approximate surface area is 243 Å². The first kappa shape index (κ1) is 31.8. The van der Waals surface area contributed by atoms with Gasteiger partial charge in [-0.05, 0) is 82.1 Å². The molecule has 0 aromatic carbocycles. The average Bonchev–Trinajstić information content (AvgIpc) is 2.95. The molecule has 39 heavy (non-hydrogen) atoms. The van der Waals surface area contributed by atoms with Gasteiger partial charge in [-0.15, -0.1) is 0 Å². The van der Waals surface area contributed by atoms with Crippen molar-refractivity contribution < 1.29 is 0 Å². The van der Waals surface area contributed by atoms with Crippen molar-refractivity contribution in [2.75, 3.05) is 26.2 Å². The first-order chi connectivity index (χ1) is 19.4. The molecule has 0 fully saturated rings. The highest BCUT2D eigenvalue weighted by atomic mass is 15.1. The molecule has 0 aliphatic carbocycles. The predicted molar refractivity (Wildman–Crippen MR) is 173 cm³/mol. The van der Waals surface area contributed by atoms with E-state index in [0.29, 0.717) is 0 Å². The molecule has 0 radical (unpaired) electrons. The lowest BCUT2D eigenvalue weighted by Gasteiger charge is -2.24. The van der Waals surface area contributed by atoms with Crippen LogP contribution in [0.4, 0.5) is 0 Å². The Morgan fingerprint density at radius 3 is 1.69 bits per heavy atom. The van der Waals surface area contributed by atoms with Crippen molar-refractivity contribution in [2.45, 2.75) is 148 Å². The van der Waals surface area contributed by atoms with Gasteiger partial charge in [-0.3, -0.25) is 0 Å². The summed E-state index contributed by atoms with van der Waals surface area (Å²) >= 11 is 0. The van der Waals surface area contributed by atoms with Gasteiger partial charge in [0.15, 0.2) is 0 Å². The first-order valence-electron chi connectivity index (χ1n) is 17.3. The lowest BCUT2D eigenvalue weighted by Crippen LogP contribution is -2.23. The third-order valence-corrected chi connectivity index (χ3v) is 8.82. The lowest BCUT2D eigenvalue weighted by atomic mass is 10.0. The Morgan fingerprint density at radius 1 is 0.487 bits per heavy atom. The number of rotatable bonds is 0. The molecule has 4 bridgehead atoms. The molecule has 0 aromatic rings. The molecule has 220 valence electrons. The fourth-order valence-electron chi connectivity index (χ4n) is 6.33. The Kier molecular flexibility index (Phi) is 18.0. The van der Waals surface area contributed by atoms with Crippen LogP contribution in [0.1, 0.15) is 148 Å². The summed E-state index contributed by atoms with van der Waals surface area (Å²) in [4.78, 5) is 5.11. The van der Waals surface area contributed by atoms with Crippen LogP contribution in [-0.4, -0.2) is 36.0 Å². The summed E-state index contributed by atoms with van der Waals surface area (Å²) in [5.41, 5.74) is 3.20. The Hall–Kier alpha value is -1.70. The van der Waals surface area contributed by atoms with Gasteiger partial charge in [-0.2, -0.15) is 0 Å². The van der Waals surface area contributed by atoms with E-state index in [9.17, 15) is 0 Å². The minimum absolute atomic E-state index is 1.11. The van der Waals surface area contributed by atoms with E-state index in [1.54, 1.807) is 11.1 Å². The molecule has 2 nitrogen and oxygen atoms in total. The average molecular weight is 535 g/mol. The van der Waals surface area contributed by atoms with Gasteiger partial charge in [0.05, 0.1) is 0 Å². The summed E-state index contributed by atoms with van der Waals surface area (Å²) in [5.74, 6) is 0. The van der Waals surface area contributed by atoms with Crippen molar-refractivity contribution in [3.8, 4) is 0 Å². The van der Waals surface area contributed by atoms with Gasteiger partial charge < -0.3 is 9.80 Å². The second-order valence-electron chi connectivity index (χ2n) is 12.5. The molecule has 0 atom stereocenters. The van der Waals surface area contributed by atoms with Gasteiger partial charge >= 0.3 is 0 Å². The highest BCUT2D eigenvalue weighted by molar-refractivity contribution is 5.22. The lowest BCUT2D eigenvalue weighted by molar-refractivity contribution is 0.378. The molecule has 0 amide bonds. The number of hydrogen-bond acceptors (Lipinski definition) is 2. The van der Waals surface area contributed by atoms with Crippen LogP contribution in [-0.2, 0) is 0 Å². The molecule has 0 aromatic heterocycles. The van der Waals surface area contributed by atoms with Gasteiger partial charge in [0.25, 0.3) is 0 Å². The molecule has 0 spiro atoms. The molecular weight excluding hydrogens is 472 g/mol. The van der Waals surface area contributed by atoms with E-state index < -0.39 is 0 Å². The van der Waals surface area contributed by atoms with Crippen molar-refractivity contribution in [1.82, 2.24) is 9.80 Å². The predicted octanol–water partition coefficient (Wildman–Crippen LogP) is 11.0. The third kappa shape index (κ3) is 16.2. The molecule has 0 saturated heterocycles. The molecule has 3 heterocycles. The van der Waals surface area contributed by atoms with Crippen molar-refractivity contribution in [1.29, 1.82) is 0 Å². The minimum atomic E-state index is 1.11. The maximum Gasteiger partial charge on any atom is 0.0386 e. The fraction of sp³-hybridized carbons (Fsp3) is 0.730.